The van der Waals surface area contributed by atoms with Crippen LogP contribution in [0.5, 0.6) is 0 Å². The van der Waals surface area contributed by atoms with Gasteiger partial charge in [-0.3, -0.25) is 0 Å². The van der Waals surface area contributed by atoms with Gasteiger partial charge in [-0.25, -0.2) is 0 Å². The zero-order valence-corrected chi connectivity index (χ0v) is 8.14. The molecule has 0 aromatic heterocycles. The molecule has 0 saturated carbocycles. The van der Waals surface area contributed by atoms with Crippen LogP contribution >= 0.6 is 12.6 Å². The Kier molecular flexibility index (Phi) is 1.89. The Hall–Kier alpha value is -1.21. The van der Waals surface area contributed by atoms with Crippen LogP contribution in [0, 0.1) is 0 Å². The van der Waals surface area contributed by atoms with Crippen LogP contribution in [-0.4, -0.2) is 0 Å². The van der Waals surface area contributed by atoms with E-state index in [9.17, 15) is 0 Å². The Balaban J connectivity index is 3.15. The minimum Gasteiger partial charge on any atom is -0.143 e. The van der Waals surface area contributed by atoms with Crippen LogP contribution in [0.4, 0.5) is 0 Å². The number of hydrogen-bond donors (Lipinski definition) is 1. The van der Waals surface area contributed by atoms with E-state index in [1.165, 1.54) is 0 Å². The van der Waals surface area contributed by atoms with Gasteiger partial charge in [0.2, 0.25) is 0 Å². The Morgan fingerprint density at radius 2 is 1.62 bits per heavy atom. The molecule has 2 aromatic carbocycles. The minimum atomic E-state index is 0.948. The molecule has 0 unspecified atom stereocenters. The molecule has 0 aliphatic carbocycles. The molecule has 0 heterocycles. The summed E-state index contributed by atoms with van der Waals surface area (Å²) in [5.41, 5.74) is 0. The van der Waals surface area contributed by atoms with Crippen LogP contribution in [0.25, 0.3) is 23.9 Å². The second-order valence-corrected chi connectivity index (χ2v) is 3.56. The Morgan fingerprint density at radius 3 is 2.31 bits per heavy atom. The molecular weight excluding hydrogens is 176 g/mol. The highest BCUT2D eigenvalue weighted by atomic mass is 32.1. The van der Waals surface area contributed by atoms with Crippen molar-refractivity contribution in [3.8, 4) is 0 Å². The van der Waals surface area contributed by atoms with Gasteiger partial charge >= 0.3 is 0 Å². The molecule has 2 aromatic rings. The molecule has 0 saturated heterocycles. The smallest absolute Gasteiger partial charge is 0.0125 e. The standard InChI is InChI=1S/C12H10S/c1-8-7-12(13)11-6-4-3-5-10(11)9(8)2/h3-7,13H,1-2H2. The highest BCUT2D eigenvalue weighted by molar-refractivity contribution is 7.80. The minimum absolute atomic E-state index is 0.948. The number of fused-ring (bicyclic) bond motifs is 1. The topological polar surface area (TPSA) is 0 Å². The van der Waals surface area contributed by atoms with E-state index in [0.717, 1.165) is 26.1 Å². The van der Waals surface area contributed by atoms with Gasteiger partial charge in [-0.05, 0) is 27.3 Å². The summed E-state index contributed by atoms with van der Waals surface area (Å²) in [7, 11) is 0. The molecule has 0 amide bonds. The molecule has 0 aliphatic heterocycles. The molecule has 0 nitrogen and oxygen atoms in total. The van der Waals surface area contributed by atoms with Crippen LogP contribution in [-0.2, 0) is 0 Å². The molecule has 2 rings (SSSR count). The lowest BCUT2D eigenvalue weighted by atomic mass is 10.1. The van der Waals surface area contributed by atoms with Crippen molar-refractivity contribution in [3.63, 3.8) is 0 Å². The van der Waals surface area contributed by atoms with Gasteiger partial charge in [0.15, 0.2) is 0 Å². The van der Waals surface area contributed by atoms with Crippen molar-refractivity contribution < 1.29 is 0 Å². The molecule has 13 heavy (non-hydrogen) atoms. The van der Waals surface area contributed by atoms with Gasteiger partial charge in [0.25, 0.3) is 0 Å². The van der Waals surface area contributed by atoms with Crippen molar-refractivity contribution in [2.75, 3.05) is 0 Å². The fourth-order valence-corrected chi connectivity index (χ4v) is 1.82. The highest BCUT2D eigenvalue weighted by Gasteiger charge is 1.97. The second-order valence-electron chi connectivity index (χ2n) is 3.08. The molecule has 0 radical (unpaired) electrons. The third kappa shape index (κ3) is 1.25. The Labute approximate surface area is 82.6 Å². The molecule has 64 valence electrons. The normalized spacial score (nSPS) is 10.5. The molecule has 0 N–H and O–H groups in total. The van der Waals surface area contributed by atoms with E-state index in [-0.39, 0.29) is 0 Å². The second kappa shape index (κ2) is 2.93. The van der Waals surface area contributed by atoms with E-state index in [1.807, 2.05) is 30.3 Å². The molecule has 1 heteroatoms. The number of benzene rings is 2. The van der Waals surface area contributed by atoms with Crippen molar-refractivity contribution >= 4 is 36.6 Å². The zero-order chi connectivity index (χ0) is 9.42. The van der Waals surface area contributed by atoms with Gasteiger partial charge in [-0.1, -0.05) is 37.4 Å². The van der Waals surface area contributed by atoms with Crippen molar-refractivity contribution in [1.29, 1.82) is 0 Å². The first-order valence-electron chi connectivity index (χ1n) is 4.09. The maximum absolute atomic E-state index is 4.40. The summed E-state index contributed by atoms with van der Waals surface area (Å²) in [6.07, 6.45) is 0. The van der Waals surface area contributed by atoms with E-state index in [1.54, 1.807) is 0 Å². The maximum Gasteiger partial charge on any atom is 0.0125 e. The van der Waals surface area contributed by atoms with Gasteiger partial charge in [0, 0.05) is 4.90 Å². The summed E-state index contributed by atoms with van der Waals surface area (Å²) in [5.74, 6) is 0. The summed E-state index contributed by atoms with van der Waals surface area (Å²) in [5, 5.41) is 4.22. The average molecular weight is 186 g/mol. The Morgan fingerprint density at radius 1 is 1.00 bits per heavy atom. The number of rotatable bonds is 0. The molecular formula is C12H10S. The van der Waals surface area contributed by atoms with Gasteiger partial charge in [-0.2, -0.15) is 0 Å². The lowest BCUT2D eigenvalue weighted by molar-refractivity contribution is 1.48. The summed E-state index contributed by atoms with van der Waals surface area (Å²) in [6, 6.07) is 10.1. The molecule has 0 aliphatic rings. The number of hydrogen-bond acceptors (Lipinski definition) is 1. The fraction of sp³-hybridized carbons (Fsp3) is 0. The Bertz CT molecular complexity index is 555. The quantitative estimate of drug-likeness (QED) is 0.597. The van der Waals surface area contributed by atoms with Crippen molar-refractivity contribution in [1.82, 2.24) is 0 Å². The largest absolute Gasteiger partial charge is 0.143 e. The van der Waals surface area contributed by atoms with Crippen LogP contribution < -0.4 is 10.4 Å². The van der Waals surface area contributed by atoms with Crippen LogP contribution in [0.2, 0.25) is 0 Å². The van der Waals surface area contributed by atoms with E-state index < -0.39 is 0 Å². The predicted molar refractivity (Wildman–Crippen MR) is 61.5 cm³/mol. The van der Waals surface area contributed by atoms with Crippen LogP contribution in [0.1, 0.15) is 0 Å². The van der Waals surface area contributed by atoms with E-state index in [2.05, 4.69) is 25.8 Å². The third-order valence-electron chi connectivity index (χ3n) is 2.23. The van der Waals surface area contributed by atoms with Crippen molar-refractivity contribution in [3.05, 3.63) is 40.8 Å². The monoisotopic (exact) mass is 186 g/mol. The predicted octanol–water partition coefficient (Wildman–Crippen LogP) is 1.95. The van der Waals surface area contributed by atoms with E-state index in [4.69, 9.17) is 0 Å². The van der Waals surface area contributed by atoms with E-state index in [0.29, 0.717) is 0 Å². The van der Waals surface area contributed by atoms with E-state index >= 15 is 0 Å². The summed E-state index contributed by atoms with van der Waals surface area (Å²) >= 11 is 4.40. The zero-order valence-electron chi connectivity index (χ0n) is 7.25. The third-order valence-corrected chi connectivity index (χ3v) is 2.60. The maximum atomic E-state index is 4.40. The SMILES string of the molecule is C=c1cc(S)c2ccccc2c1=C. The molecule has 0 spiro atoms. The molecule has 0 atom stereocenters. The van der Waals surface area contributed by atoms with Crippen molar-refractivity contribution in [2.24, 2.45) is 0 Å². The molecule has 0 fully saturated rings. The van der Waals surface area contributed by atoms with Crippen LogP contribution in [0.15, 0.2) is 35.2 Å². The number of thiol groups is 1. The highest BCUT2D eigenvalue weighted by Crippen LogP contribution is 2.16. The van der Waals surface area contributed by atoms with Crippen LogP contribution in [0.3, 0.4) is 0 Å². The lowest BCUT2D eigenvalue weighted by Gasteiger charge is -2.01. The van der Waals surface area contributed by atoms with Crippen molar-refractivity contribution in [2.45, 2.75) is 4.90 Å². The summed E-state index contributed by atoms with van der Waals surface area (Å²) < 4.78 is 0. The van der Waals surface area contributed by atoms with Gasteiger partial charge in [0.1, 0.15) is 0 Å². The first-order chi connectivity index (χ1) is 6.20. The van der Waals surface area contributed by atoms with Gasteiger partial charge in [0.05, 0.1) is 0 Å². The lowest BCUT2D eigenvalue weighted by Crippen LogP contribution is -2.22. The summed E-state index contributed by atoms with van der Waals surface area (Å²) in [4.78, 5) is 0.966. The average Bonchev–Trinajstić information content (AvgIpc) is 2.15. The molecule has 0 bridgehead atoms. The van der Waals surface area contributed by atoms with Gasteiger partial charge in [-0.15, -0.1) is 12.6 Å². The first-order valence-corrected chi connectivity index (χ1v) is 4.53. The summed E-state index contributed by atoms with van der Waals surface area (Å²) in [6.45, 7) is 7.91. The first kappa shape index (κ1) is 8.39. The van der Waals surface area contributed by atoms with Gasteiger partial charge < -0.3 is 0 Å². The fourth-order valence-electron chi connectivity index (χ4n) is 1.47.